The number of benzene rings is 9. The summed E-state index contributed by atoms with van der Waals surface area (Å²) in [5.74, 6) is 0. The molecule has 2 atom stereocenters. The molecule has 0 heterocycles. The van der Waals surface area contributed by atoms with Gasteiger partial charge in [-0.25, -0.2) is 0 Å². The summed E-state index contributed by atoms with van der Waals surface area (Å²) in [5.41, 5.74) is 10.9. The average Bonchev–Trinajstić information content (AvgIpc) is 3.35. The van der Waals surface area contributed by atoms with Crippen LogP contribution in [0.5, 0.6) is 0 Å². The maximum Gasteiger partial charge on any atom is 0.141 e. The van der Waals surface area contributed by atoms with E-state index in [0.29, 0.717) is 33.4 Å². The summed E-state index contributed by atoms with van der Waals surface area (Å²) >= 11 is 0. The number of fused-ring (bicyclic) bond motifs is 2. The Balaban J connectivity index is 1.19. The van der Waals surface area contributed by atoms with E-state index in [2.05, 4.69) is 152 Å². The van der Waals surface area contributed by atoms with Crippen LogP contribution in [0.1, 0.15) is 66.8 Å². The zero-order chi connectivity index (χ0) is 41.9. The quantitative estimate of drug-likeness (QED) is 0.143. The standard InChI is InChI=1S/C60H44O2/c61-59(50-33-18-21-43(39-50)41-53(46-25-8-2-9-26-46)47-27-10-3-11-28-47)55-36-16-17-37-56(55)60(62,58-52(35-20-38-57(58)59)45-23-6-1-7-24-45)51-34-19-22-44(40-51)42-54(48-29-12-4-13-30-48)49-31-14-5-15-32-49/h1-42,61-62H. The third-order valence-corrected chi connectivity index (χ3v) is 12.2. The minimum atomic E-state index is -1.65. The van der Waals surface area contributed by atoms with Gasteiger partial charge < -0.3 is 10.2 Å². The topological polar surface area (TPSA) is 40.5 Å². The highest BCUT2D eigenvalue weighted by molar-refractivity contribution is 5.93. The SMILES string of the molecule is OC1(c2cccc(C=C(c3ccccc3)c3ccccc3)c2)c2ccccc2C(O)(c2cccc(C=C(c3ccccc3)c3ccccc3)c2)c2c(-c3ccccc3)cccc21. The molecule has 0 aliphatic heterocycles. The van der Waals surface area contributed by atoms with Gasteiger partial charge in [-0.15, -0.1) is 0 Å². The van der Waals surface area contributed by atoms with Crippen LogP contribution in [0, 0.1) is 0 Å². The molecule has 2 heteroatoms. The smallest absolute Gasteiger partial charge is 0.141 e. The lowest BCUT2D eigenvalue weighted by molar-refractivity contribution is 0.0752. The molecule has 9 aromatic carbocycles. The van der Waals surface area contributed by atoms with Crippen LogP contribution in [0.3, 0.4) is 0 Å². The van der Waals surface area contributed by atoms with Gasteiger partial charge in [-0.05, 0) is 108 Å². The van der Waals surface area contributed by atoms with Crippen molar-refractivity contribution in [2.24, 2.45) is 0 Å². The maximum atomic E-state index is 13.9. The molecule has 1 aliphatic rings. The minimum absolute atomic E-state index is 0.626. The summed E-state index contributed by atoms with van der Waals surface area (Å²) in [6.07, 6.45) is 4.40. The van der Waals surface area contributed by atoms with Crippen molar-refractivity contribution in [3.8, 4) is 11.1 Å². The molecule has 0 fully saturated rings. The Labute approximate surface area is 363 Å². The van der Waals surface area contributed by atoms with Gasteiger partial charge in [0.15, 0.2) is 0 Å². The van der Waals surface area contributed by atoms with E-state index in [1.165, 1.54) is 0 Å². The Morgan fingerprint density at radius 2 is 0.677 bits per heavy atom. The van der Waals surface area contributed by atoms with E-state index in [-0.39, 0.29) is 0 Å². The van der Waals surface area contributed by atoms with E-state index >= 15 is 0 Å². The Hall–Kier alpha value is -7.62. The van der Waals surface area contributed by atoms with Crippen LogP contribution < -0.4 is 0 Å². The van der Waals surface area contributed by atoms with E-state index in [9.17, 15) is 10.2 Å². The van der Waals surface area contributed by atoms with Crippen LogP contribution >= 0.6 is 0 Å². The highest BCUT2D eigenvalue weighted by Gasteiger charge is 2.52. The predicted molar refractivity (Wildman–Crippen MR) is 255 cm³/mol. The Morgan fingerprint density at radius 1 is 0.323 bits per heavy atom. The molecule has 0 aromatic heterocycles. The fourth-order valence-electron chi connectivity index (χ4n) is 9.28. The van der Waals surface area contributed by atoms with Crippen LogP contribution in [-0.4, -0.2) is 10.2 Å². The summed E-state index contributed by atoms with van der Waals surface area (Å²) in [7, 11) is 0. The predicted octanol–water partition coefficient (Wildman–Crippen LogP) is 13.4. The van der Waals surface area contributed by atoms with Crippen LogP contribution in [0.4, 0.5) is 0 Å². The second kappa shape index (κ2) is 16.4. The molecule has 0 spiro atoms. The molecule has 2 nitrogen and oxygen atoms in total. The number of hydrogen-bond acceptors (Lipinski definition) is 2. The zero-order valence-electron chi connectivity index (χ0n) is 34.1. The first kappa shape index (κ1) is 38.6. The molecule has 296 valence electrons. The van der Waals surface area contributed by atoms with Crippen LogP contribution in [0.25, 0.3) is 34.4 Å². The van der Waals surface area contributed by atoms with Gasteiger partial charge in [0.1, 0.15) is 11.2 Å². The largest absolute Gasteiger partial charge is 0.376 e. The molecule has 0 bridgehead atoms. The van der Waals surface area contributed by atoms with E-state index in [0.717, 1.165) is 55.7 Å². The van der Waals surface area contributed by atoms with E-state index in [1.807, 2.05) is 103 Å². The summed E-state index contributed by atoms with van der Waals surface area (Å²) in [6.45, 7) is 0. The summed E-state index contributed by atoms with van der Waals surface area (Å²) in [6, 6.07) is 82.1. The molecule has 10 rings (SSSR count). The van der Waals surface area contributed by atoms with Crippen molar-refractivity contribution in [3.05, 3.63) is 309 Å². The Morgan fingerprint density at radius 3 is 1.13 bits per heavy atom. The molecule has 2 N–H and O–H groups in total. The van der Waals surface area contributed by atoms with Crippen molar-refractivity contribution in [1.29, 1.82) is 0 Å². The monoisotopic (exact) mass is 796 g/mol. The van der Waals surface area contributed by atoms with Gasteiger partial charge in [-0.1, -0.05) is 231 Å². The van der Waals surface area contributed by atoms with Crippen LogP contribution in [0.15, 0.2) is 243 Å². The fraction of sp³-hybridized carbons (Fsp3) is 0.0333. The Bertz CT molecular complexity index is 2980. The molecule has 0 saturated carbocycles. The second-order valence-corrected chi connectivity index (χ2v) is 15.9. The minimum Gasteiger partial charge on any atom is -0.376 e. The van der Waals surface area contributed by atoms with Gasteiger partial charge in [0.25, 0.3) is 0 Å². The molecule has 0 saturated heterocycles. The van der Waals surface area contributed by atoms with Crippen molar-refractivity contribution < 1.29 is 10.2 Å². The Kier molecular flexibility index (Phi) is 10.2. The van der Waals surface area contributed by atoms with Gasteiger partial charge in [-0.3, -0.25) is 0 Å². The molecular formula is C60H44O2. The summed E-state index contributed by atoms with van der Waals surface area (Å²) in [4.78, 5) is 0. The molecule has 1 aliphatic carbocycles. The van der Waals surface area contributed by atoms with Crippen molar-refractivity contribution in [2.45, 2.75) is 11.2 Å². The van der Waals surface area contributed by atoms with Gasteiger partial charge in [0.2, 0.25) is 0 Å². The highest BCUT2D eigenvalue weighted by atomic mass is 16.3. The lowest BCUT2D eigenvalue weighted by Gasteiger charge is -2.46. The van der Waals surface area contributed by atoms with Crippen LogP contribution in [0.2, 0.25) is 0 Å². The molecule has 62 heavy (non-hydrogen) atoms. The lowest BCUT2D eigenvalue weighted by atomic mass is 9.62. The van der Waals surface area contributed by atoms with Gasteiger partial charge >= 0.3 is 0 Å². The number of rotatable bonds is 9. The first-order chi connectivity index (χ1) is 30.5. The first-order valence-electron chi connectivity index (χ1n) is 21.1. The normalized spacial score (nSPS) is 16.4. The first-order valence-corrected chi connectivity index (χ1v) is 21.1. The molecule has 2 unspecified atom stereocenters. The van der Waals surface area contributed by atoms with E-state index in [1.54, 1.807) is 0 Å². The molecular weight excluding hydrogens is 753 g/mol. The average molecular weight is 797 g/mol. The third-order valence-electron chi connectivity index (χ3n) is 12.2. The molecule has 9 aromatic rings. The van der Waals surface area contributed by atoms with Crippen molar-refractivity contribution >= 4 is 23.3 Å². The summed E-state index contributed by atoms with van der Waals surface area (Å²) < 4.78 is 0. The maximum absolute atomic E-state index is 13.9. The van der Waals surface area contributed by atoms with E-state index in [4.69, 9.17) is 0 Å². The van der Waals surface area contributed by atoms with E-state index < -0.39 is 11.2 Å². The molecule has 0 radical (unpaired) electrons. The van der Waals surface area contributed by atoms with Crippen molar-refractivity contribution in [3.63, 3.8) is 0 Å². The van der Waals surface area contributed by atoms with Crippen molar-refractivity contribution in [2.75, 3.05) is 0 Å². The third kappa shape index (κ3) is 6.92. The van der Waals surface area contributed by atoms with Gasteiger partial charge in [-0.2, -0.15) is 0 Å². The number of aliphatic hydroxyl groups is 2. The molecule has 0 amide bonds. The van der Waals surface area contributed by atoms with Gasteiger partial charge in [0.05, 0.1) is 0 Å². The second-order valence-electron chi connectivity index (χ2n) is 15.9. The van der Waals surface area contributed by atoms with Crippen molar-refractivity contribution in [1.82, 2.24) is 0 Å². The van der Waals surface area contributed by atoms with Gasteiger partial charge in [0, 0.05) is 5.56 Å². The highest BCUT2D eigenvalue weighted by Crippen LogP contribution is 2.55. The fourth-order valence-corrected chi connectivity index (χ4v) is 9.28. The lowest BCUT2D eigenvalue weighted by Crippen LogP contribution is -2.44. The number of hydrogen-bond donors (Lipinski definition) is 2. The zero-order valence-corrected chi connectivity index (χ0v) is 34.1. The summed E-state index contributed by atoms with van der Waals surface area (Å²) in [5, 5.41) is 27.7. The van der Waals surface area contributed by atoms with Crippen LogP contribution in [-0.2, 0) is 11.2 Å².